The number of hydrogen-bond donors (Lipinski definition) is 2. The van der Waals surface area contributed by atoms with Gasteiger partial charge in [-0.3, -0.25) is 9.59 Å². The summed E-state index contributed by atoms with van der Waals surface area (Å²) in [5.74, 6) is 0.866. The van der Waals surface area contributed by atoms with E-state index < -0.39 is 5.97 Å². The van der Waals surface area contributed by atoms with Crippen LogP contribution in [0.2, 0.25) is 0 Å². The van der Waals surface area contributed by atoms with Crippen molar-refractivity contribution < 1.29 is 33.6 Å². The van der Waals surface area contributed by atoms with E-state index in [-0.39, 0.29) is 25.4 Å². The fourth-order valence-corrected chi connectivity index (χ4v) is 4.74. The molecule has 4 rings (SSSR count). The smallest absolute Gasteiger partial charge is 0.306 e. The van der Waals surface area contributed by atoms with E-state index >= 15 is 0 Å². The van der Waals surface area contributed by atoms with Crippen LogP contribution in [0.3, 0.4) is 0 Å². The van der Waals surface area contributed by atoms with Crippen molar-refractivity contribution in [3.05, 3.63) is 76.6 Å². The molecule has 1 aromatic heterocycles. The molecule has 0 bridgehead atoms. The van der Waals surface area contributed by atoms with E-state index in [9.17, 15) is 9.59 Å². The lowest BCUT2D eigenvalue weighted by Gasteiger charge is -2.15. The average molecular weight is 547 g/mol. The number of rotatable bonds is 12. The molecule has 9 heteroatoms. The minimum absolute atomic E-state index is 0.0188. The Kier molecular flexibility index (Phi) is 8.83. The van der Waals surface area contributed by atoms with E-state index in [1.54, 1.807) is 7.11 Å². The van der Waals surface area contributed by atoms with Crippen molar-refractivity contribution in [3.63, 3.8) is 0 Å². The summed E-state index contributed by atoms with van der Waals surface area (Å²) < 4.78 is 24.3. The van der Waals surface area contributed by atoms with Crippen LogP contribution in [0.5, 0.6) is 23.0 Å². The number of aryl methyl sites for hydroxylation is 1. The Morgan fingerprint density at radius 3 is 2.33 bits per heavy atom. The van der Waals surface area contributed by atoms with E-state index in [2.05, 4.69) is 5.32 Å². The van der Waals surface area contributed by atoms with Gasteiger partial charge in [-0.15, -0.1) is 0 Å². The van der Waals surface area contributed by atoms with Crippen molar-refractivity contribution in [2.75, 3.05) is 27.9 Å². The average Bonchev–Trinajstić information content (AvgIpc) is 3.47. The second-order valence-electron chi connectivity index (χ2n) is 9.38. The van der Waals surface area contributed by atoms with Crippen LogP contribution >= 0.6 is 0 Å². The minimum atomic E-state index is -0.956. The SMILES string of the molecule is COc1ccc2c(c1)C(CC(=O)NCc1cccn1C)=C(C)/C2=C/c1cc(OC)c(OCCC(=O)O)c(OC)c1. The van der Waals surface area contributed by atoms with E-state index in [0.29, 0.717) is 29.5 Å². The van der Waals surface area contributed by atoms with Gasteiger partial charge in [-0.2, -0.15) is 0 Å². The molecule has 3 aromatic rings. The maximum Gasteiger partial charge on any atom is 0.306 e. The first-order chi connectivity index (χ1) is 19.2. The molecule has 0 spiro atoms. The second kappa shape index (κ2) is 12.5. The molecule has 0 unspecified atom stereocenters. The zero-order chi connectivity index (χ0) is 28.8. The number of carboxylic acids is 1. The quantitative estimate of drug-likeness (QED) is 0.331. The molecule has 2 N–H and O–H groups in total. The number of aromatic nitrogens is 1. The van der Waals surface area contributed by atoms with Crippen molar-refractivity contribution in [2.45, 2.75) is 26.3 Å². The first kappa shape index (κ1) is 28.4. The van der Waals surface area contributed by atoms with Gasteiger partial charge in [0.1, 0.15) is 5.75 Å². The number of nitrogens with zero attached hydrogens (tertiary/aromatic N) is 1. The van der Waals surface area contributed by atoms with Gasteiger partial charge in [0.05, 0.1) is 47.3 Å². The Bertz CT molecular complexity index is 1460. The van der Waals surface area contributed by atoms with Gasteiger partial charge < -0.3 is 33.9 Å². The number of carbonyl (C=O) groups is 2. The molecule has 2 aromatic carbocycles. The van der Waals surface area contributed by atoms with Crippen LogP contribution in [-0.2, 0) is 23.2 Å². The molecule has 210 valence electrons. The van der Waals surface area contributed by atoms with Crippen LogP contribution in [-0.4, -0.2) is 49.5 Å². The molecule has 0 aliphatic heterocycles. The van der Waals surface area contributed by atoms with Gasteiger partial charge in [-0.1, -0.05) is 6.07 Å². The summed E-state index contributed by atoms with van der Waals surface area (Å²) in [5, 5.41) is 12.0. The summed E-state index contributed by atoms with van der Waals surface area (Å²) in [6, 6.07) is 13.4. The number of nitrogens with one attached hydrogen (secondary N) is 1. The van der Waals surface area contributed by atoms with Gasteiger partial charge in [0.2, 0.25) is 11.7 Å². The third kappa shape index (κ3) is 6.14. The Balaban J connectivity index is 1.68. The van der Waals surface area contributed by atoms with E-state index in [4.69, 9.17) is 24.1 Å². The van der Waals surface area contributed by atoms with Crippen LogP contribution in [0.25, 0.3) is 17.2 Å². The maximum absolute atomic E-state index is 13.0. The van der Waals surface area contributed by atoms with E-state index in [0.717, 1.165) is 39.1 Å². The molecule has 1 amide bonds. The van der Waals surface area contributed by atoms with Gasteiger partial charge in [0.25, 0.3) is 0 Å². The normalized spacial score (nSPS) is 13.3. The van der Waals surface area contributed by atoms with Crippen LogP contribution in [0, 0.1) is 0 Å². The Labute approximate surface area is 233 Å². The predicted octanol–water partition coefficient (Wildman–Crippen LogP) is 4.94. The van der Waals surface area contributed by atoms with Crippen molar-refractivity contribution in [1.29, 1.82) is 0 Å². The van der Waals surface area contributed by atoms with Crippen LogP contribution in [0.1, 0.15) is 42.1 Å². The molecular weight excluding hydrogens is 512 g/mol. The predicted molar refractivity (Wildman–Crippen MR) is 153 cm³/mol. The van der Waals surface area contributed by atoms with Gasteiger partial charge in [-0.25, -0.2) is 0 Å². The summed E-state index contributed by atoms with van der Waals surface area (Å²) in [5.41, 5.74) is 6.63. The third-order valence-electron chi connectivity index (χ3n) is 6.91. The number of aliphatic carboxylic acids is 1. The number of fused-ring (bicyclic) bond motifs is 1. The van der Waals surface area contributed by atoms with Crippen molar-refractivity contribution in [2.24, 2.45) is 7.05 Å². The number of amides is 1. The first-order valence-corrected chi connectivity index (χ1v) is 12.8. The lowest BCUT2D eigenvalue weighted by atomic mass is 10.00. The highest BCUT2D eigenvalue weighted by atomic mass is 16.5. The van der Waals surface area contributed by atoms with Gasteiger partial charge in [0.15, 0.2) is 11.5 Å². The highest BCUT2D eigenvalue weighted by Crippen LogP contribution is 2.46. The zero-order valence-corrected chi connectivity index (χ0v) is 23.4. The largest absolute Gasteiger partial charge is 0.497 e. The van der Waals surface area contributed by atoms with Crippen molar-refractivity contribution in [3.8, 4) is 23.0 Å². The molecule has 0 radical (unpaired) electrons. The van der Waals surface area contributed by atoms with Crippen LogP contribution in [0.15, 0.2) is 54.2 Å². The van der Waals surface area contributed by atoms with Crippen LogP contribution in [0.4, 0.5) is 0 Å². The molecule has 9 nitrogen and oxygen atoms in total. The topological polar surface area (TPSA) is 108 Å². The fourth-order valence-electron chi connectivity index (χ4n) is 4.74. The second-order valence-corrected chi connectivity index (χ2v) is 9.38. The number of benzene rings is 2. The highest BCUT2D eigenvalue weighted by Gasteiger charge is 2.26. The molecule has 0 saturated carbocycles. The Morgan fingerprint density at radius 2 is 1.73 bits per heavy atom. The molecule has 0 saturated heterocycles. The molecule has 40 heavy (non-hydrogen) atoms. The number of carboxylic acid groups (broad SMARTS) is 1. The lowest BCUT2D eigenvalue weighted by molar-refractivity contribution is -0.137. The Morgan fingerprint density at radius 1 is 1.00 bits per heavy atom. The monoisotopic (exact) mass is 546 g/mol. The van der Waals surface area contributed by atoms with E-state index in [1.807, 2.05) is 73.3 Å². The minimum Gasteiger partial charge on any atom is -0.497 e. The molecule has 0 atom stereocenters. The first-order valence-electron chi connectivity index (χ1n) is 12.8. The summed E-state index contributed by atoms with van der Waals surface area (Å²) in [6.07, 6.45) is 4.03. The number of carbonyl (C=O) groups excluding carboxylic acids is 1. The van der Waals surface area contributed by atoms with Gasteiger partial charge in [0, 0.05) is 18.9 Å². The molecular formula is C31H34N2O7. The van der Waals surface area contributed by atoms with Gasteiger partial charge in [-0.05, 0) is 82.8 Å². The maximum atomic E-state index is 13.0. The third-order valence-corrected chi connectivity index (χ3v) is 6.91. The summed E-state index contributed by atoms with van der Waals surface area (Å²) >= 11 is 0. The molecule has 1 aliphatic rings. The van der Waals surface area contributed by atoms with E-state index in [1.165, 1.54) is 14.2 Å². The highest BCUT2D eigenvalue weighted by molar-refractivity contribution is 6.08. The zero-order valence-electron chi connectivity index (χ0n) is 23.4. The number of ether oxygens (including phenoxy) is 4. The summed E-state index contributed by atoms with van der Waals surface area (Å²) in [4.78, 5) is 24.0. The Hall–Kier alpha value is -4.66. The number of allylic oxidation sites excluding steroid dienone is 2. The standard InChI is InChI=1S/C31H34N2O7/c1-19-24(13-20-14-27(38-4)31(28(15-20)39-5)40-12-10-30(35)36)23-9-8-22(37-3)16-26(23)25(19)17-29(34)32-18-21-7-6-11-33(21)2/h6-9,11,13-16H,10,12,17-18H2,1-5H3,(H,32,34)(H,35,36)/b24-13-. The summed E-state index contributed by atoms with van der Waals surface area (Å²) in [6.45, 7) is 2.44. The van der Waals surface area contributed by atoms with Crippen LogP contribution < -0.4 is 24.3 Å². The molecule has 1 aliphatic carbocycles. The molecule has 0 fully saturated rings. The summed E-state index contributed by atoms with van der Waals surface area (Å²) in [7, 11) is 6.60. The van der Waals surface area contributed by atoms with Gasteiger partial charge >= 0.3 is 5.97 Å². The van der Waals surface area contributed by atoms with Crippen molar-refractivity contribution in [1.82, 2.24) is 9.88 Å². The number of methoxy groups -OCH3 is 3. The molecule has 1 heterocycles. The fraction of sp³-hybridized carbons (Fsp3) is 0.290. The lowest BCUT2D eigenvalue weighted by Crippen LogP contribution is -2.23. The number of hydrogen-bond acceptors (Lipinski definition) is 6. The van der Waals surface area contributed by atoms with Crippen molar-refractivity contribution >= 4 is 29.1 Å².